The molecule has 80 valence electrons. The van der Waals surface area contributed by atoms with E-state index in [0.29, 0.717) is 12.0 Å². The molecule has 0 radical (unpaired) electrons. The molecule has 0 saturated heterocycles. The van der Waals surface area contributed by atoms with Gasteiger partial charge in [-0.3, -0.25) is 4.79 Å². The SMILES string of the molecule is CCc1ccccc1C(=O)C(C)C(=O)[O-].[Li+]. The molecule has 4 heteroatoms. The predicted octanol–water partition coefficient (Wildman–Crippen LogP) is -2.18. The third-order valence-corrected chi connectivity index (χ3v) is 2.41. The number of carbonyl (C=O) groups excluding carboxylic acids is 2. The molecule has 0 bridgehead atoms. The van der Waals surface area contributed by atoms with Crippen LogP contribution in [0.4, 0.5) is 0 Å². The summed E-state index contributed by atoms with van der Waals surface area (Å²) in [4.78, 5) is 22.3. The molecule has 0 aromatic heterocycles. The summed E-state index contributed by atoms with van der Waals surface area (Å²) < 4.78 is 0. The fourth-order valence-electron chi connectivity index (χ4n) is 1.41. The van der Waals surface area contributed by atoms with E-state index in [9.17, 15) is 14.7 Å². The summed E-state index contributed by atoms with van der Waals surface area (Å²) in [6, 6.07) is 7.05. The number of aryl methyl sites for hydroxylation is 1. The second kappa shape index (κ2) is 6.52. The Morgan fingerprint density at radius 3 is 2.38 bits per heavy atom. The number of hydrogen-bond acceptors (Lipinski definition) is 3. The molecule has 0 aliphatic heterocycles. The van der Waals surface area contributed by atoms with E-state index >= 15 is 0 Å². The van der Waals surface area contributed by atoms with E-state index in [0.717, 1.165) is 5.56 Å². The van der Waals surface area contributed by atoms with Crippen LogP contribution in [0.5, 0.6) is 0 Å². The molecular formula is C12H13LiO3. The van der Waals surface area contributed by atoms with Crippen molar-refractivity contribution in [2.24, 2.45) is 5.92 Å². The summed E-state index contributed by atoms with van der Waals surface area (Å²) in [6.07, 6.45) is 0.710. The number of benzene rings is 1. The van der Waals surface area contributed by atoms with E-state index in [-0.39, 0.29) is 24.6 Å². The first kappa shape index (κ1) is 15.0. The molecule has 1 atom stereocenters. The third kappa shape index (κ3) is 3.23. The molecule has 0 aliphatic rings. The minimum Gasteiger partial charge on any atom is -0.549 e. The number of hydrogen-bond donors (Lipinski definition) is 0. The number of carboxylic acids is 1. The number of ketones is 1. The van der Waals surface area contributed by atoms with Crippen LogP contribution in [0.1, 0.15) is 29.8 Å². The Kier molecular flexibility index (Phi) is 6.10. The van der Waals surface area contributed by atoms with Gasteiger partial charge in [0.25, 0.3) is 0 Å². The van der Waals surface area contributed by atoms with E-state index in [4.69, 9.17) is 0 Å². The second-order valence-electron chi connectivity index (χ2n) is 3.42. The van der Waals surface area contributed by atoms with Gasteiger partial charge in [0.2, 0.25) is 0 Å². The smallest absolute Gasteiger partial charge is 0.549 e. The van der Waals surface area contributed by atoms with Gasteiger partial charge in [0, 0.05) is 5.56 Å². The van der Waals surface area contributed by atoms with Crippen molar-refractivity contribution < 1.29 is 33.6 Å². The van der Waals surface area contributed by atoms with Crippen molar-refractivity contribution in [2.45, 2.75) is 20.3 Å². The molecule has 3 nitrogen and oxygen atoms in total. The van der Waals surface area contributed by atoms with Crippen LogP contribution < -0.4 is 24.0 Å². The minimum absolute atomic E-state index is 0. The minimum atomic E-state index is -1.33. The van der Waals surface area contributed by atoms with Crippen molar-refractivity contribution in [3.05, 3.63) is 35.4 Å². The quantitative estimate of drug-likeness (QED) is 0.324. The van der Waals surface area contributed by atoms with E-state index < -0.39 is 11.9 Å². The van der Waals surface area contributed by atoms with Gasteiger partial charge in [-0.15, -0.1) is 0 Å². The van der Waals surface area contributed by atoms with Gasteiger partial charge in [-0.05, 0) is 18.9 Å². The van der Waals surface area contributed by atoms with Crippen LogP contribution in [0, 0.1) is 5.92 Å². The first-order valence-corrected chi connectivity index (χ1v) is 4.91. The van der Waals surface area contributed by atoms with Crippen LogP contribution >= 0.6 is 0 Å². The van der Waals surface area contributed by atoms with Crippen LogP contribution in [0.3, 0.4) is 0 Å². The largest absolute Gasteiger partial charge is 1.00 e. The van der Waals surface area contributed by atoms with Crippen molar-refractivity contribution in [1.82, 2.24) is 0 Å². The van der Waals surface area contributed by atoms with E-state index in [1.807, 2.05) is 19.1 Å². The molecular weight excluding hydrogens is 199 g/mol. The molecule has 0 fully saturated rings. The number of carboxylic acid groups (broad SMARTS) is 1. The topological polar surface area (TPSA) is 57.2 Å². The molecule has 16 heavy (non-hydrogen) atoms. The van der Waals surface area contributed by atoms with Gasteiger partial charge in [0.15, 0.2) is 5.78 Å². The van der Waals surface area contributed by atoms with Crippen molar-refractivity contribution in [3.8, 4) is 0 Å². The molecule has 1 aromatic carbocycles. The first-order chi connectivity index (χ1) is 7.07. The Labute approximate surface area is 107 Å². The summed E-state index contributed by atoms with van der Waals surface area (Å²) >= 11 is 0. The summed E-state index contributed by atoms with van der Waals surface area (Å²) in [7, 11) is 0. The zero-order valence-corrected chi connectivity index (χ0v) is 9.82. The Morgan fingerprint density at radius 1 is 1.31 bits per heavy atom. The Balaban J connectivity index is 0.00000225. The number of rotatable bonds is 4. The molecule has 1 rings (SSSR count). The van der Waals surface area contributed by atoms with Crippen LogP contribution in [-0.4, -0.2) is 11.8 Å². The van der Waals surface area contributed by atoms with Crippen LogP contribution in [0.25, 0.3) is 0 Å². The van der Waals surface area contributed by atoms with Gasteiger partial charge in [-0.1, -0.05) is 31.2 Å². The van der Waals surface area contributed by atoms with Crippen LogP contribution in [0.15, 0.2) is 24.3 Å². The Morgan fingerprint density at radius 2 is 1.88 bits per heavy atom. The zero-order valence-electron chi connectivity index (χ0n) is 9.82. The average molecular weight is 212 g/mol. The van der Waals surface area contributed by atoms with Crippen molar-refractivity contribution in [3.63, 3.8) is 0 Å². The molecule has 0 saturated carbocycles. The molecule has 1 aromatic rings. The standard InChI is InChI=1S/C12H14O3.Li/c1-3-9-6-4-5-7-10(9)11(13)8(2)12(14)15;/h4-8H,3H2,1-2H3,(H,14,15);/q;+1/p-1. The van der Waals surface area contributed by atoms with Crippen molar-refractivity contribution in [1.29, 1.82) is 0 Å². The fraction of sp³-hybridized carbons (Fsp3) is 0.333. The molecule has 0 amide bonds. The van der Waals surface area contributed by atoms with Gasteiger partial charge in [-0.25, -0.2) is 0 Å². The fourth-order valence-corrected chi connectivity index (χ4v) is 1.41. The summed E-state index contributed by atoms with van der Waals surface area (Å²) in [6.45, 7) is 3.28. The van der Waals surface area contributed by atoms with Gasteiger partial charge in [-0.2, -0.15) is 0 Å². The first-order valence-electron chi connectivity index (χ1n) is 4.91. The summed E-state index contributed by atoms with van der Waals surface area (Å²) in [5.74, 6) is -2.80. The number of carbonyl (C=O) groups is 2. The van der Waals surface area contributed by atoms with E-state index in [1.165, 1.54) is 6.92 Å². The van der Waals surface area contributed by atoms with Gasteiger partial charge in [0.1, 0.15) is 0 Å². The number of aliphatic carboxylic acids is 1. The maximum absolute atomic E-state index is 11.7. The monoisotopic (exact) mass is 212 g/mol. The van der Waals surface area contributed by atoms with Crippen molar-refractivity contribution in [2.75, 3.05) is 0 Å². The van der Waals surface area contributed by atoms with E-state index in [2.05, 4.69) is 0 Å². The maximum atomic E-state index is 11.7. The predicted molar refractivity (Wildman–Crippen MR) is 54.3 cm³/mol. The third-order valence-electron chi connectivity index (χ3n) is 2.41. The van der Waals surface area contributed by atoms with Crippen molar-refractivity contribution >= 4 is 11.8 Å². The van der Waals surface area contributed by atoms with Gasteiger partial charge < -0.3 is 9.90 Å². The molecule has 0 aliphatic carbocycles. The average Bonchev–Trinajstić information content (AvgIpc) is 2.26. The van der Waals surface area contributed by atoms with E-state index in [1.54, 1.807) is 12.1 Å². The molecule has 0 N–H and O–H groups in total. The van der Waals surface area contributed by atoms with Gasteiger partial charge >= 0.3 is 18.9 Å². The molecule has 0 spiro atoms. The normalized spacial score (nSPS) is 11.4. The molecule has 1 unspecified atom stereocenters. The maximum Gasteiger partial charge on any atom is 1.00 e. The molecule has 0 heterocycles. The second-order valence-corrected chi connectivity index (χ2v) is 3.42. The van der Waals surface area contributed by atoms with Crippen LogP contribution in [-0.2, 0) is 11.2 Å². The summed E-state index contributed by atoms with van der Waals surface area (Å²) in [5, 5.41) is 10.6. The summed E-state index contributed by atoms with van der Waals surface area (Å²) in [5.41, 5.74) is 1.35. The van der Waals surface area contributed by atoms with Crippen LogP contribution in [0.2, 0.25) is 0 Å². The Hall–Kier alpha value is -1.04. The van der Waals surface area contributed by atoms with Gasteiger partial charge in [0.05, 0.1) is 11.9 Å². The number of Topliss-reactive ketones (excluding diaryl/α,β-unsaturated/α-hetero) is 1. The Bertz CT molecular complexity index is 388. The zero-order chi connectivity index (χ0) is 11.4.